The van der Waals surface area contributed by atoms with Crippen molar-refractivity contribution in [2.75, 3.05) is 22.6 Å². The molecule has 0 unspecified atom stereocenters. The van der Waals surface area contributed by atoms with Gasteiger partial charge in [0, 0.05) is 37.7 Å². The van der Waals surface area contributed by atoms with E-state index in [9.17, 15) is 8.42 Å². The van der Waals surface area contributed by atoms with Gasteiger partial charge in [0.15, 0.2) is 0 Å². The normalized spacial score (nSPS) is 11.7. The number of anilines is 5. The molecule has 172 valence electrons. The van der Waals surface area contributed by atoms with E-state index in [1.807, 2.05) is 41.8 Å². The lowest BCUT2D eigenvalue weighted by Gasteiger charge is -2.19. The van der Waals surface area contributed by atoms with Crippen LogP contribution >= 0.6 is 0 Å². The van der Waals surface area contributed by atoms with Gasteiger partial charge in [0.25, 0.3) is 0 Å². The van der Waals surface area contributed by atoms with Crippen LogP contribution in [-0.4, -0.2) is 41.0 Å². The van der Waals surface area contributed by atoms with Crippen molar-refractivity contribution in [1.29, 1.82) is 0 Å². The van der Waals surface area contributed by atoms with Gasteiger partial charge in [-0.25, -0.2) is 23.5 Å². The van der Waals surface area contributed by atoms with Crippen LogP contribution < -0.4 is 20.7 Å². The van der Waals surface area contributed by atoms with Crippen LogP contribution in [0, 0.1) is 0 Å². The topological polar surface area (TPSA) is 131 Å². The minimum absolute atomic E-state index is 0.00996. The number of hydrogen-bond acceptors (Lipinski definition) is 8. The number of hydrogen-bond donors (Lipinski definition) is 3. The second-order valence-electron chi connectivity index (χ2n) is 7.96. The Morgan fingerprint density at radius 3 is 2.61 bits per heavy atom. The van der Waals surface area contributed by atoms with Crippen molar-refractivity contribution in [3.8, 4) is 0 Å². The van der Waals surface area contributed by atoms with Crippen molar-refractivity contribution < 1.29 is 8.42 Å². The molecule has 0 radical (unpaired) electrons. The van der Waals surface area contributed by atoms with Gasteiger partial charge >= 0.3 is 0 Å². The molecule has 0 aliphatic carbocycles. The van der Waals surface area contributed by atoms with Gasteiger partial charge in [0.1, 0.15) is 5.82 Å². The van der Waals surface area contributed by atoms with Crippen LogP contribution in [0.5, 0.6) is 0 Å². The van der Waals surface area contributed by atoms with E-state index in [-0.39, 0.29) is 10.9 Å². The van der Waals surface area contributed by atoms with Crippen LogP contribution in [-0.2, 0) is 17.1 Å². The number of nitrogens with two attached hydrogens (primary N) is 1. The average molecular weight is 467 g/mol. The predicted molar refractivity (Wildman–Crippen MR) is 131 cm³/mol. The van der Waals surface area contributed by atoms with E-state index in [1.165, 1.54) is 12.1 Å². The summed E-state index contributed by atoms with van der Waals surface area (Å²) in [5.74, 6) is 1.80. The van der Waals surface area contributed by atoms with E-state index in [2.05, 4.69) is 34.4 Å². The van der Waals surface area contributed by atoms with Crippen LogP contribution in [0.25, 0.3) is 11.0 Å². The zero-order valence-electron chi connectivity index (χ0n) is 18.8. The first-order chi connectivity index (χ1) is 15.6. The Morgan fingerprint density at radius 1 is 1.09 bits per heavy atom. The molecule has 0 aliphatic heterocycles. The molecule has 2 aromatic heterocycles. The highest BCUT2D eigenvalue weighted by molar-refractivity contribution is 7.89. The molecule has 4 aromatic rings. The molecule has 0 amide bonds. The molecule has 4 rings (SSSR count). The van der Waals surface area contributed by atoms with Gasteiger partial charge in [-0.1, -0.05) is 6.07 Å². The zero-order valence-corrected chi connectivity index (χ0v) is 19.6. The highest BCUT2D eigenvalue weighted by atomic mass is 32.2. The standard InChI is InChI=1S/C22H26N8O2S/c1-14(2)25-22-27-18-13-16(8-9-19(18)30(22)4)29(3)20-10-11-24-21(28-20)26-15-6-5-7-17(12-15)33(23,31)32/h5-14H,1-4H3,(H,25,27)(H2,23,31,32)(H,24,26,28). The summed E-state index contributed by atoms with van der Waals surface area (Å²) in [5.41, 5.74) is 3.33. The van der Waals surface area contributed by atoms with Crippen molar-refractivity contribution in [2.24, 2.45) is 12.2 Å². The van der Waals surface area contributed by atoms with Crippen molar-refractivity contribution >= 4 is 50.1 Å². The minimum Gasteiger partial charge on any atom is -0.353 e. The van der Waals surface area contributed by atoms with Crippen LogP contribution in [0.1, 0.15) is 13.8 Å². The minimum atomic E-state index is -3.80. The highest BCUT2D eigenvalue weighted by Crippen LogP contribution is 2.28. The lowest BCUT2D eigenvalue weighted by Crippen LogP contribution is -2.13. The SMILES string of the molecule is CC(C)Nc1nc2cc(N(C)c3ccnc(Nc4cccc(S(N)(=O)=O)c4)n3)ccc2n1C. The Hall–Kier alpha value is -3.70. The molecule has 4 N–H and O–H groups in total. The predicted octanol–water partition coefficient (Wildman–Crippen LogP) is 3.34. The molecule has 11 heteroatoms. The van der Waals surface area contributed by atoms with Crippen molar-refractivity contribution in [2.45, 2.75) is 24.8 Å². The molecule has 0 aliphatic rings. The van der Waals surface area contributed by atoms with Gasteiger partial charge in [-0.3, -0.25) is 0 Å². The summed E-state index contributed by atoms with van der Waals surface area (Å²) in [4.78, 5) is 15.5. The molecule has 10 nitrogen and oxygen atoms in total. The summed E-state index contributed by atoms with van der Waals surface area (Å²) in [7, 11) is 0.0880. The number of aryl methyl sites for hydroxylation is 1. The maximum atomic E-state index is 11.6. The summed E-state index contributed by atoms with van der Waals surface area (Å²) in [6.45, 7) is 4.15. The average Bonchev–Trinajstić information content (AvgIpc) is 3.07. The Kier molecular flexibility index (Phi) is 5.91. The number of fused-ring (bicyclic) bond motifs is 1. The third-order valence-electron chi connectivity index (χ3n) is 5.07. The largest absolute Gasteiger partial charge is 0.353 e. The van der Waals surface area contributed by atoms with E-state index in [0.29, 0.717) is 17.5 Å². The Bertz CT molecular complexity index is 1420. The molecule has 0 atom stereocenters. The number of benzene rings is 2. The van der Waals surface area contributed by atoms with Gasteiger partial charge in [0.2, 0.25) is 21.9 Å². The van der Waals surface area contributed by atoms with Gasteiger partial charge in [0.05, 0.1) is 15.9 Å². The monoisotopic (exact) mass is 466 g/mol. The number of primary sulfonamides is 1. The first kappa shape index (κ1) is 22.5. The van der Waals surface area contributed by atoms with Crippen LogP contribution in [0.3, 0.4) is 0 Å². The van der Waals surface area contributed by atoms with E-state index in [0.717, 1.165) is 22.7 Å². The van der Waals surface area contributed by atoms with Crippen molar-refractivity contribution in [3.63, 3.8) is 0 Å². The zero-order chi connectivity index (χ0) is 23.8. The fraction of sp³-hybridized carbons (Fsp3) is 0.227. The molecular weight excluding hydrogens is 440 g/mol. The van der Waals surface area contributed by atoms with Gasteiger partial charge in [-0.15, -0.1) is 0 Å². The molecule has 0 saturated heterocycles. The summed E-state index contributed by atoms with van der Waals surface area (Å²) in [5, 5.41) is 11.6. The first-order valence-electron chi connectivity index (χ1n) is 10.3. The molecule has 0 spiro atoms. The number of nitrogens with zero attached hydrogens (tertiary/aromatic N) is 5. The number of sulfonamides is 1. The summed E-state index contributed by atoms with van der Waals surface area (Å²) < 4.78 is 25.2. The maximum absolute atomic E-state index is 11.6. The number of rotatable bonds is 7. The molecule has 2 aromatic carbocycles. The van der Waals surface area contributed by atoms with Crippen LogP contribution in [0.15, 0.2) is 59.6 Å². The Balaban J connectivity index is 1.60. The van der Waals surface area contributed by atoms with Gasteiger partial charge in [-0.2, -0.15) is 4.98 Å². The molecule has 0 bridgehead atoms. The highest BCUT2D eigenvalue weighted by Gasteiger charge is 2.13. The third-order valence-corrected chi connectivity index (χ3v) is 5.98. The number of nitrogens with one attached hydrogen (secondary N) is 2. The quantitative estimate of drug-likeness (QED) is 0.378. The molecular formula is C22H26N8O2S. The second-order valence-corrected chi connectivity index (χ2v) is 9.52. The first-order valence-corrected chi connectivity index (χ1v) is 11.9. The van der Waals surface area contributed by atoms with Crippen LogP contribution in [0.4, 0.5) is 29.1 Å². The van der Waals surface area contributed by atoms with Crippen molar-refractivity contribution in [3.05, 3.63) is 54.7 Å². The second kappa shape index (κ2) is 8.68. The van der Waals surface area contributed by atoms with E-state index >= 15 is 0 Å². The van der Waals surface area contributed by atoms with Gasteiger partial charge in [-0.05, 0) is 56.3 Å². The van der Waals surface area contributed by atoms with Gasteiger partial charge < -0.3 is 20.1 Å². The lowest BCUT2D eigenvalue weighted by atomic mass is 10.2. The van der Waals surface area contributed by atoms with E-state index in [1.54, 1.807) is 24.4 Å². The summed E-state index contributed by atoms with van der Waals surface area (Å²) in [6.07, 6.45) is 1.63. The smallest absolute Gasteiger partial charge is 0.238 e. The molecule has 0 saturated carbocycles. The molecule has 2 heterocycles. The summed E-state index contributed by atoms with van der Waals surface area (Å²) >= 11 is 0. The summed E-state index contributed by atoms with van der Waals surface area (Å²) in [6, 6.07) is 14.3. The van der Waals surface area contributed by atoms with E-state index < -0.39 is 10.0 Å². The number of imidazole rings is 1. The Labute approximate surface area is 192 Å². The van der Waals surface area contributed by atoms with Crippen molar-refractivity contribution in [1.82, 2.24) is 19.5 Å². The van der Waals surface area contributed by atoms with E-state index in [4.69, 9.17) is 10.1 Å². The molecule has 0 fully saturated rings. The fourth-order valence-electron chi connectivity index (χ4n) is 3.39. The Morgan fingerprint density at radius 2 is 1.88 bits per heavy atom. The van der Waals surface area contributed by atoms with Crippen LogP contribution in [0.2, 0.25) is 0 Å². The third kappa shape index (κ3) is 4.89. The fourth-order valence-corrected chi connectivity index (χ4v) is 3.95. The molecule has 33 heavy (non-hydrogen) atoms. The lowest BCUT2D eigenvalue weighted by molar-refractivity contribution is 0.598. The number of aromatic nitrogens is 4. The maximum Gasteiger partial charge on any atom is 0.238 e.